The van der Waals surface area contributed by atoms with E-state index < -0.39 is 0 Å². The van der Waals surface area contributed by atoms with Gasteiger partial charge >= 0.3 is 0 Å². The molecular formula is C20H23BrN2O3. The number of rotatable bonds is 6. The monoisotopic (exact) mass is 418 g/mol. The van der Waals surface area contributed by atoms with Crippen molar-refractivity contribution in [3.05, 3.63) is 57.6 Å². The van der Waals surface area contributed by atoms with Crippen molar-refractivity contribution < 1.29 is 14.3 Å². The van der Waals surface area contributed by atoms with Crippen LogP contribution in [0.15, 0.2) is 40.9 Å². The van der Waals surface area contributed by atoms with Gasteiger partial charge in [0, 0.05) is 18.7 Å². The standard InChI is InChI=1S/C20H23BrN2O3/c1-3-23(2)13-15-6-4-5-14(9-15)12-22-20(24)16-10-17(21)19-18(11-16)25-7-8-26-19/h4-6,9-11H,3,7-8,12-13H2,1-2H3,(H,22,24). The minimum Gasteiger partial charge on any atom is -0.486 e. The van der Waals surface area contributed by atoms with Gasteiger partial charge in [-0.05, 0) is 52.8 Å². The summed E-state index contributed by atoms with van der Waals surface area (Å²) >= 11 is 3.45. The van der Waals surface area contributed by atoms with Crippen LogP contribution < -0.4 is 14.8 Å². The van der Waals surface area contributed by atoms with Gasteiger partial charge in [0.1, 0.15) is 13.2 Å². The molecule has 1 aliphatic rings. The van der Waals surface area contributed by atoms with Crippen LogP contribution in [0.25, 0.3) is 0 Å². The molecule has 1 N–H and O–H groups in total. The third-order valence-electron chi connectivity index (χ3n) is 4.30. The minimum absolute atomic E-state index is 0.140. The molecule has 0 saturated heterocycles. The number of carbonyl (C=O) groups is 1. The van der Waals surface area contributed by atoms with Crippen LogP contribution in [0.4, 0.5) is 0 Å². The topological polar surface area (TPSA) is 50.8 Å². The van der Waals surface area contributed by atoms with Gasteiger partial charge in [0.2, 0.25) is 0 Å². The number of nitrogens with zero attached hydrogens (tertiary/aromatic N) is 1. The summed E-state index contributed by atoms with van der Waals surface area (Å²) in [5, 5.41) is 2.97. The normalized spacial score (nSPS) is 12.9. The fourth-order valence-corrected chi connectivity index (χ4v) is 3.34. The van der Waals surface area contributed by atoms with Gasteiger partial charge in [-0.1, -0.05) is 31.2 Å². The Bertz CT molecular complexity index is 795. The lowest BCUT2D eigenvalue weighted by Crippen LogP contribution is -2.24. The van der Waals surface area contributed by atoms with Crippen molar-refractivity contribution in [1.82, 2.24) is 10.2 Å². The fraction of sp³-hybridized carbons (Fsp3) is 0.350. The number of carbonyl (C=O) groups excluding carboxylic acids is 1. The zero-order valence-electron chi connectivity index (χ0n) is 15.0. The molecule has 1 amide bonds. The predicted molar refractivity (Wildman–Crippen MR) is 105 cm³/mol. The Balaban J connectivity index is 1.66. The zero-order valence-corrected chi connectivity index (χ0v) is 16.6. The van der Waals surface area contributed by atoms with E-state index in [4.69, 9.17) is 9.47 Å². The Labute approximate surface area is 162 Å². The first-order valence-corrected chi connectivity index (χ1v) is 9.50. The molecule has 0 fully saturated rings. The van der Waals surface area contributed by atoms with Crippen LogP contribution in [0.2, 0.25) is 0 Å². The van der Waals surface area contributed by atoms with Gasteiger partial charge < -0.3 is 19.7 Å². The summed E-state index contributed by atoms with van der Waals surface area (Å²) in [5.41, 5.74) is 2.86. The first-order valence-electron chi connectivity index (χ1n) is 8.70. The van der Waals surface area contributed by atoms with Crippen molar-refractivity contribution in [2.24, 2.45) is 0 Å². The van der Waals surface area contributed by atoms with E-state index in [1.807, 2.05) is 12.1 Å². The third-order valence-corrected chi connectivity index (χ3v) is 4.88. The molecule has 1 heterocycles. The van der Waals surface area contributed by atoms with Crippen LogP contribution in [0.1, 0.15) is 28.4 Å². The summed E-state index contributed by atoms with van der Waals surface area (Å²) in [6, 6.07) is 11.8. The Morgan fingerprint density at radius 1 is 1.19 bits per heavy atom. The molecule has 6 heteroatoms. The molecule has 0 spiro atoms. The lowest BCUT2D eigenvalue weighted by atomic mass is 10.1. The van der Waals surface area contributed by atoms with Crippen LogP contribution in [0.3, 0.4) is 0 Å². The van der Waals surface area contributed by atoms with Gasteiger partial charge in [-0.15, -0.1) is 0 Å². The predicted octanol–water partition coefficient (Wildman–Crippen LogP) is 3.60. The lowest BCUT2D eigenvalue weighted by molar-refractivity contribution is 0.0949. The van der Waals surface area contributed by atoms with E-state index >= 15 is 0 Å². The number of nitrogens with one attached hydrogen (secondary N) is 1. The lowest BCUT2D eigenvalue weighted by Gasteiger charge is -2.20. The zero-order chi connectivity index (χ0) is 18.5. The van der Waals surface area contributed by atoms with Gasteiger partial charge in [-0.25, -0.2) is 0 Å². The molecule has 2 aromatic rings. The highest BCUT2D eigenvalue weighted by Gasteiger charge is 2.19. The first-order chi connectivity index (χ1) is 12.6. The number of hydrogen-bond donors (Lipinski definition) is 1. The highest BCUT2D eigenvalue weighted by molar-refractivity contribution is 9.10. The summed E-state index contributed by atoms with van der Waals surface area (Å²) < 4.78 is 11.9. The highest BCUT2D eigenvalue weighted by atomic mass is 79.9. The Kier molecular flexibility index (Phi) is 6.16. The third kappa shape index (κ3) is 4.56. The number of ether oxygens (including phenoxy) is 2. The van der Waals surface area contributed by atoms with Crippen molar-refractivity contribution in [2.75, 3.05) is 26.8 Å². The van der Waals surface area contributed by atoms with Crippen molar-refractivity contribution in [1.29, 1.82) is 0 Å². The van der Waals surface area contributed by atoms with E-state index in [-0.39, 0.29) is 5.91 Å². The second-order valence-electron chi connectivity index (χ2n) is 6.32. The highest BCUT2D eigenvalue weighted by Crippen LogP contribution is 2.38. The summed E-state index contributed by atoms with van der Waals surface area (Å²) in [6.45, 7) is 5.52. The average molecular weight is 419 g/mol. The number of benzene rings is 2. The summed E-state index contributed by atoms with van der Waals surface area (Å²) in [5.74, 6) is 1.11. The maximum absolute atomic E-state index is 12.5. The maximum atomic E-state index is 12.5. The van der Waals surface area contributed by atoms with Crippen molar-refractivity contribution in [2.45, 2.75) is 20.0 Å². The smallest absolute Gasteiger partial charge is 0.251 e. The molecule has 26 heavy (non-hydrogen) atoms. The molecule has 0 bridgehead atoms. The molecule has 0 unspecified atom stereocenters. The fourth-order valence-electron chi connectivity index (χ4n) is 2.79. The van der Waals surface area contributed by atoms with Crippen molar-refractivity contribution in [3.63, 3.8) is 0 Å². The van der Waals surface area contributed by atoms with Crippen LogP contribution in [-0.4, -0.2) is 37.6 Å². The Morgan fingerprint density at radius 2 is 1.96 bits per heavy atom. The Morgan fingerprint density at radius 3 is 2.77 bits per heavy atom. The van der Waals surface area contributed by atoms with Crippen molar-refractivity contribution >= 4 is 21.8 Å². The van der Waals surface area contributed by atoms with Gasteiger partial charge in [0.05, 0.1) is 4.47 Å². The number of amides is 1. The SMILES string of the molecule is CCN(C)Cc1cccc(CNC(=O)c2cc(Br)c3c(c2)OCCO3)c1. The second kappa shape index (κ2) is 8.56. The number of halogens is 1. The molecule has 2 aromatic carbocycles. The van der Waals surface area contributed by atoms with Gasteiger partial charge in [0.15, 0.2) is 11.5 Å². The van der Waals surface area contributed by atoms with E-state index in [0.717, 1.165) is 23.1 Å². The summed E-state index contributed by atoms with van der Waals surface area (Å²) in [6.07, 6.45) is 0. The van der Waals surface area contributed by atoms with Crippen molar-refractivity contribution in [3.8, 4) is 11.5 Å². The van der Waals surface area contributed by atoms with Gasteiger partial charge in [-0.2, -0.15) is 0 Å². The van der Waals surface area contributed by atoms with E-state index in [2.05, 4.69) is 52.3 Å². The molecule has 1 aliphatic heterocycles. The summed E-state index contributed by atoms with van der Waals surface area (Å²) in [4.78, 5) is 14.8. The molecule has 0 saturated carbocycles. The average Bonchev–Trinajstić information content (AvgIpc) is 2.66. The van der Waals surface area contributed by atoms with Gasteiger partial charge in [-0.3, -0.25) is 4.79 Å². The van der Waals surface area contributed by atoms with Crippen LogP contribution >= 0.6 is 15.9 Å². The molecule has 0 aromatic heterocycles. The Hall–Kier alpha value is -2.05. The van der Waals surface area contributed by atoms with E-state index in [1.54, 1.807) is 12.1 Å². The minimum atomic E-state index is -0.140. The molecule has 3 rings (SSSR count). The molecular weight excluding hydrogens is 396 g/mol. The molecule has 0 aliphatic carbocycles. The van der Waals surface area contributed by atoms with E-state index in [1.165, 1.54) is 5.56 Å². The van der Waals surface area contributed by atoms with E-state index in [0.29, 0.717) is 36.8 Å². The van der Waals surface area contributed by atoms with Crippen LogP contribution in [0.5, 0.6) is 11.5 Å². The number of hydrogen-bond acceptors (Lipinski definition) is 4. The van der Waals surface area contributed by atoms with Crippen LogP contribution in [0, 0.1) is 0 Å². The largest absolute Gasteiger partial charge is 0.486 e. The second-order valence-corrected chi connectivity index (χ2v) is 7.17. The number of fused-ring (bicyclic) bond motifs is 1. The van der Waals surface area contributed by atoms with Crippen LogP contribution in [-0.2, 0) is 13.1 Å². The molecule has 5 nitrogen and oxygen atoms in total. The first kappa shape index (κ1) is 18.7. The molecule has 0 atom stereocenters. The van der Waals surface area contributed by atoms with Gasteiger partial charge in [0.25, 0.3) is 5.91 Å². The van der Waals surface area contributed by atoms with E-state index in [9.17, 15) is 4.79 Å². The quantitative estimate of drug-likeness (QED) is 0.778. The maximum Gasteiger partial charge on any atom is 0.251 e. The summed E-state index contributed by atoms with van der Waals surface area (Å²) in [7, 11) is 2.09. The molecule has 0 radical (unpaired) electrons. The molecule has 138 valence electrons.